The van der Waals surface area contributed by atoms with Crippen molar-refractivity contribution < 1.29 is 41.8 Å². The molecule has 0 spiro atoms. The van der Waals surface area contributed by atoms with E-state index in [1.807, 2.05) is 0 Å². The van der Waals surface area contributed by atoms with Crippen LogP contribution in [-0.4, -0.2) is 49.2 Å². The van der Waals surface area contributed by atoms with Crippen molar-refractivity contribution in [3.8, 4) is 5.75 Å². The van der Waals surface area contributed by atoms with Gasteiger partial charge >= 0.3 is 18.2 Å². The smallest absolute Gasteiger partial charge is 0.405 e. The van der Waals surface area contributed by atoms with Gasteiger partial charge in [0.25, 0.3) is 11.8 Å². The third kappa shape index (κ3) is 6.49. The summed E-state index contributed by atoms with van der Waals surface area (Å²) in [5.74, 6) is -2.33. The van der Waals surface area contributed by atoms with Crippen molar-refractivity contribution >= 4 is 29.5 Å². The Hall–Kier alpha value is -3.31. The number of nitrogens with one attached hydrogen (secondary N) is 3. The highest BCUT2D eigenvalue weighted by Gasteiger charge is 2.30. The predicted molar refractivity (Wildman–Crippen MR) is 82.7 cm³/mol. The molecule has 0 saturated carbocycles. The Morgan fingerprint density at radius 1 is 1.22 bits per heavy atom. The zero-order chi connectivity index (χ0) is 20.0. The Kier molecular flexibility index (Phi) is 6.21. The lowest BCUT2D eigenvalue weighted by atomic mass is 10.1. The zero-order valence-electron chi connectivity index (χ0n) is 13.6. The number of benzene rings is 1. The number of fused-ring (bicyclic) bond motifs is 1. The molecule has 0 saturated heterocycles. The van der Waals surface area contributed by atoms with Gasteiger partial charge < -0.3 is 20.1 Å². The van der Waals surface area contributed by atoms with Crippen molar-refractivity contribution in [2.24, 2.45) is 0 Å². The first-order chi connectivity index (χ1) is 12.6. The lowest BCUT2D eigenvalue weighted by molar-refractivity contribution is -0.151. The van der Waals surface area contributed by atoms with Crippen molar-refractivity contribution in [2.45, 2.75) is 18.7 Å². The molecule has 1 aliphatic rings. The summed E-state index contributed by atoms with van der Waals surface area (Å²) in [4.78, 5) is 46.0. The summed E-state index contributed by atoms with van der Waals surface area (Å²) in [6.45, 7) is -2.54. The number of alkyl halides is 3. The molecule has 3 N–H and O–H groups in total. The van der Waals surface area contributed by atoms with Crippen LogP contribution in [0.5, 0.6) is 5.75 Å². The largest absolute Gasteiger partial charge is 0.478 e. The normalized spacial score (nSPS) is 15.7. The molecular formula is C15H14F3N3O6. The standard InChI is InChI=1S/C15H14F3N3O6/c16-15(17,18)7-19-14(25)21-11(22)6-26-12(23)5-10-13(24)20-8-3-1-2-4-9(8)27-10/h1-4,10H,5-7H2,(H,20,24)(H2,19,21,22,25)/t10-/m0/s1. The van der Waals surface area contributed by atoms with Crippen LogP contribution >= 0.6 is 0 Å². The second-order valence-electron chi connectivity index (χ2n) is 5.30. The van der Waals surface area contributed by atoms with Gasteiger partial charge in [-0.25, -0.2) is 4.79 Å². The van der Waals surface area contributed by atoms with Crippen LogP contribution in [0.3, 0.4) is 0 Å². The minimum atomic E-state index is -4.63. The summed E-state index contributed by atoms with van der Waals surface area (Å²) in [6, 6.07) is 5.15. The Morgan fingerprint density at radius 3 is 2.63 bits per heavy atom. The Balaban J connectivity index is 1.74. The molecule has 1 aromatic carbocycles. The van der Waals surface area contributed by atoms with E-state index in [2.05, 4.69) is 10.1 Å². The number of halogens is 3. The Labute approximate surface area is 150 Å². The molecule has 146 valence electrons. The Bertz CT molecular complexity index is 753. The summed E-state index contributed by atoms with van der Waals surface area (Å²) < 4.78 is 45.7. The molecule has 1 aromatic rings. The molecule has 27 heavy (non-hydrogen) atoms. The second-order valence-corrected chi connectivity index (χ2v) is 5.30. The number of esters is 1. The second kappa shape index (κ2) is 8.38. The van der Waals surface area contributed by atoms with Crippen LogP contribution in [0.4, 0.5) is 23.7 Å². The summed E-state index contributed by atoms with van der Waals surface area (Å²) in [7, 11) is 0. The molecule has 12 heteroatoms. The monoisotopic (exact) mass is 389 g/mol. The summed E-state index contributed by atoms with van der Waals surface area (Å²) in [5, 5.41) is 5.51. The van der Waals surface area contributed by atoms with Gasteiger partial charge in [-0.15, -0.1) is 0 Å². The third-order valence-corrected chi connectivity index (χ3v) is 3.13. The minimum Gasteiger partial charge on any atom is -0.478 e. The number of amides is 4. The van der Waals surface area contributed by atoms with Gasteiger partial charge in [-0.1, -0.05) is 12.1 Å². The molecule has 2 rings (SSSR count). The first-order valence-corrected chi connectivity index (χ1v) is 7.50. The quantitative estimate of drug-likeness (QED) is 0.638. The number of urea groups is 1. The fraction of sp³-hybridized carbons (Fsp3) is 0.333. The zero-order valence-corrected chi connectivity index (χ0v) is 13.6. The maximum atomic E-state index is 11.9. The van der Waals surface area contributed by atoms with Gasteiger partial charge in [-0.3, -0.25) is 19.7 Å². The topological polar surface area (TPSA) is 123 Å². The number of imide groups is 1. The van der Waals surface area contributed by atoms with Crippen molar-refractivity contribution in [1.82, 2.24) is 10.6 Å². The van der Waals surface area contributed by atoms with Crippen molar-refractivity contribution in [3.63, 3.8) is 0 Å². The number of ether oxygens (including phenoxy) is 2. The molecule has 0 bridgehead atoms. The van der Waals surface area contributed by atoms with E-state index in [1.54, 1.807) is 29.6 Å². The maximum absolute atomic E-state index is 11.9. The van der Waals surface area contributed by atoms with E-state index in [4.69, 9.17) is 4.74 Å². The third-order valence-electron chi connectivity index (χ3n) is 3.13. The molecule has 9 nitrogen and oxygen atoms in total. The van der Waals surface area contributed by atoms with Gasteiger partial charge in [0.1, 0.15) is 12.3 Å². The average molecular weight is 389 g/mol. The highest BCUT2D eigenvalue weighted by atomic mass is 19.4. The lowest BCUT2D eigenvalue weighted by Crippen LogP contribution is -2.45. The first-order valence-electron chi connectivity index (χ1n) is 7.50. The van der Waals surface area contributed by atoms with Crippen LogP contribution in [0.25, 0.3) is 0 Å². The highest BCUT2D eigenvalue weighted by molar-refractivity contribution is 6.00. The summed E-state index contributed by atoms with van der Waals surface area (Å²) >= 11 is 0. The van der Waals surface area contributed by atoms with Gasteiger partial charge in [-0.2, -0.15) is 13.2 Å². The number of hydrogen-bond donors (Lipinski definition) is 3. The molecule has 1 atom stereocenters. The molecular weight excluding hydrogens is 375 g/mol. The summed E-state index contributed by atoms with van der Waals surface area (Å²) in [5.41, 5.74) is 0.441. The van der Waals surface area contributed by atoms with Gasteiger partial charge in [0, 0.05) is 0 Å². The number of carbonyl (C=O) groups is 4. The number of rotatable bonds is 5. The van der Waals surface area contributed by atoms with Crippen LogP contribution in [0.1, 0.15) is 6.42 Å². The molecule has 4 amide bonds. The van der Waals surface area contributed by atoms with Crippen LogP contribution in [0, 0.1) is 0 Å². The molecule has 0 aromatic heterocycles. The average Bonchev–Trinajstić information content (AvgIpc) is 2.58. The van der Waals surface area contributed by atoms with E-state index < -0.39 is 55.7 Å². The lowest BCUT2D eigenvalue weighted by Gasteiger charge is -2.25. The molecule has 1 aliphatic heterocycles. The van der Waals surface area contributed by atoms with Crippen LogP contribution in [0.2, 0.25) is 0 Å². The Morgan fingerprint density at radius 2 is 1.93 bits per heavy atom. The summed E-state index contributed by atoms with van der Waals surface area (Å²) in [6.07, 6.45) is -6.31. The fourth-order valence-corrected chi connectivity index (χ4v) is 1.97. The number of anilines is 1. The van der Waals surface area contributed by atoms with Crippen molar-refractivity contribution in [3.05, 3.63) is 24.3 Å². The molecule has 1 heterocycles. The van der Waals surface area contributed by atoms with E-state index in [9.17, 15) is 32.3 Å². The van der Waals surface area contributed by atoms with E-state index in [0.717, 1.165) is 0 Å². The maximum Gasteiger partial charge on any atom is 0.405 e. The first kappa shape index (κ1) is 20.0. The van der Waals surface area contributed by atoms with Gasteiger partial charge in [0.05, 0.1) is 12.1 Å². The van der Waals surface area contributed by atoms with Crippen molar-refractivity contribution in [1.29, 1.82) is 0 Å². The molecule has 0 radical (unpaired) electrons. The minimum absolute atomic E-state index is 0.356. The predicted octanol–water partition coefficient (Wildman–Crippen LogP) is 0.708. The molecule has 0 aliphatic carbocycles. The fourth-order valence-electron chi connectivity index (χ4n) is 1.97. The number of hydrogen-bond acceptors (Lipinski definition) is 6. The van der Waals surface area contributed by atoms with E-state index in [-0.39, 0.29) is 0 Å². The van der Waals surface area contributed by atoms with Gasteiger partial charge in [0.2, 0.25) is 0 Å². The number of para-hydroxylation sites is 2. The highest BCUT2D eigenvalue weighted by Crippen LogP contribution is 2.29. The van der Waals surface area contributed by atoms with Crippen LogP contribution in [0.15, 0.2) is 24.3 Å². The van der Waals surface area contributed by atoms with E-state index >= 15 is 0 Å². The molecule has 0 unspecified atom stereocenters. The van der Waals surface area contributed by atoms with Crippen LogP contribution < -0.4 is 20.7 Å². The van der Waals surface area contributed by atoms with E-state index in [1.165, 1.54) is 5.32 Å². The van der Waals surface area contributed by atoms with Crippen molar-refractivity contribution in [2.75, 3.05) is 18.5 Å². The van der Waals surface area contributed by atoms with Gasteiger partial charge in [-0.05, 0) is 12.1 Å². The molecule has 0 fully saturated rings. The SMILES string of the molecule is O=C(COC(=O)C[C@@H]1Oc2ccccc2NC1=O)NC(=O)NCC(F)(F)F. The van der Waals surface area contributed by atoms with Crippen LogP contribution in [-0.2, 0) is 19.1 Å². The number of carbonyl (C=O) groups excluding carboxylic acids is 4. The van der Waals surface area contributed by atoms with Gasteiger partial charge in [0.15, 0.2) is 12.7 Å². The van der Waals surface area contributed by atoms with E-state index in [0.29, 0.717) is 11.4 Å².